The van der Waals surface area contributed by atoms with Crippen LogP contribution in [0.15, 0.2) is 17.8 Å². The van der Waals surface area contributed by atoms with Crippen LogP contribution in [0, 0.1) is 5.41 Å². The molecule has 0 amide bonds. The molecule has 0 fully saturated rings. The van der Waals surface area contributed by atoms with E-state index in [0.29, 0.717) is 0 Å². The van der Waals surface area contributed by atoms with Crippen molar-refractivity contribution in [3.8, 4) is 0 Å². The zero-order valence-electron chi connectivity index (χ0n) is 10.7. The van der Waals surface area contributed by atoms with E-state index in [4.69, 9.17) is 0 Å². The van der Waals surface area contributed by atoms with Crippen LogP contribution in [0.5, 0.6) is 0 Å². The van der Waals surface area contributed by atoms with Gasteiger partial charge in [-0.15, -0.1) is 11.3 Å². The van der Waals surface area contributed by atoms with Crippen LogP contribution in [-0.2, 0) is 6.42 Å². The number of aliphatic hydroxyl groups excluding tert-OH is 1. The van der Waals surface area contributed by atoms with E-state index in [1.165, 1.54) is 0 Å². The maximum absolute atomic E-state index is 9.94. The molecule has 0 aliphatic rings. The number of aromatic nitrogens is 2. The fraction of sp³-hybridized carbons (Fsp3) is 0.615. The number of fused-ring (bicyclic) bond motifs is 1. The minimum atomic E-state index is -0.230. The van der Waals surface area contributed by atoms with Crippen LogP contribution in [0.4, 0.5) is 0 Å². The van der Waals surface area contributed by atoms with Crippen molar-refractivity contribution in [2.24, 2.45) is 5.41 Å². The topological polar surface area (TPSA) is 37.5 Å². The number of rotatable bonds is 4. The van der Waals surface area contributed by atoms with Crippen molar-refractivity contribution in [2.45, 2.75) is 46.1 Å². The molecule has 1 unspecified atom stereocenters. The molecule has 0 saturated heterocycles. The summed E-state index contributed by atoms with van der Waals surface area (Å²) in [6.07, 6.45) is 6.65. The average molecular weight is 252 g/mol. The minimum absolute atomic E-state index is 0.0193. The van der Waals surface area contributed by atoms with E-state index in [2.05, 4.69) is 36.4 Å². The molecule has 4 heteroatoms. The molecule has 0 aliphatic heterocycles. The lowest BCUT2D eigenvalue weighted by molar-refractivity contribution is 0.0540. The Balaban J connectivity index is 1.85. The molecule has 17 heavy (non-hydrogen) atoms. The first-order valence-electron chi connectivity index (χ1n) is 6.06. The van der Waals surface area contributed by atoms with Crippen molar-refractivity contribution in [1.29, 1.82) is 0 Å². The van der Waals surface area contributed by atoms with E-state index in [1.807, 2.05) is 11.6 Å². The van der Waals surface area contributed by atoms with Gasteiger partial charge in [0.15, 0.2) is 4.96 Å². The van der Waals surface area contributed by atoms with E-state index in [1.54, 1.807) is 11.3 Å². The third-order valence-corrected chi connectivity index (χ3v) is 3.82. The van der Waals surface area contributed by atoms with E-state index < -0.39 is 0 Å². The quantitative estimate of drug-likeness (QED) is 0.907. The number of hydrogen-bond donors (Lipinski definition) is 1. The molecular weight excluding hydrogens is 232 g/mol. The third kappa shape index (κ3) is 3.07. The smallest absolute Gasteiger partial charge is 0.193 e. The maximum atomic E-state index is 9.94. The Morgan fingerprint density at radius 1 is 1.47 bits per heavy atom. The third-order valence-electron chi connectivity index (χ3n) is 3.05. The second-order valence-corrected chi connectivity index (χ2v) is 6.47. The Bertz CT molecular complexity index is 452. The van der Waals surface area contributed by atoms with Gasteiger partial charge < -0.3 is 5.11 Å². The van der Waals surface area contributed by atoms with E-state index in [0.717, 1.165) is 29.9 Å². The van der Waals surface area contributed by atoms with E-state index in [-0.39, 0.29) is 11.5 Å². The summed E-state index contributed by atoms with van der Waals surface area (Å²) in [5.41, 5.74) is 1.10. The largest absolute Gasteiger partial charge is 0.393 e. The van der Waals surface area contributed by atoms with Crippen LogP contribution in [-0.4, -0.2) is 20.6 Å². The van der Waals surface area contributed by atoms with Gasteiger partial charge in [-0.25, -0.2) is 4.98 Å². The molecule has 0 bridgehead atoms. The predicted molar refractivity (Wildman–Crippen MR) is 71.5 cm³/mol. The van der Waals surface area contributed by atoms with Gasteiger partial charge in [0, 0.05) is 17.8 Å². The summed E-state index contributed by atoms with van der Waals surface area (Å²) >= 11 is 1.65. The normalized spacial score (nSPS) is 14.4. The maximum Gasteiger partial charge on any atom is 0.193 e. The van der Waals surface area contributed by atoms with Gasteiger partial charge in [0.05, 0.1) is 11.8 Å². The van der Waals surface area contributed by atoms with Gasteiger partial charge in [0.1, 0.15) is 0 Å². The van der Waals surface area contributed by atoms with Gasteiger partial charge in [-0.3, -0.25) is 4.40 Å². The van der Waals surface area contributed by atoms with Gasteiger partial charge in [-0.2, -0.15) is 0 Å². The second-order valence-electron chi connectivity index (χ2n) is 5.60. The number of nitrogens with zero attached hydrogens (tertiary/aromatic N) is 2. The lowest BCUT2D eigenvalue weighted by Gasteiger charge is -2.25. The molecule has 0 saturated carbocycles. The SMILES string of the molecule is CC(C)(C)C(O)CCCc1cn2ccsc2n1. The number of aryl methyl sites for hydroxylation is 1. The molecule has 2 heterocycles. The van der Waals surface area contributed by atoms with Gasteiger partial charge in [0.2, 0.25) is 0 Å². The molecule has 1 N–H and O–H groups in total. The van der Waals surface area contributed by atoms with Crippen molar-refractivity contribution in [2.75, 3.05) is 0 Å². The van der Waals surface area contributed by atoms with E-state index in [9.17, 15) is 5.11 Å². The summed E-state index contributed by atoms with van der Waals surface area (Å²) in [5.74, 6) is 0. The van der Waals surface area contributed by atoms with Crippen molar-refractivity contribution < 1.29 is 5.11 Å². The Morgan fingerprint density at radius 2 is 2.24 bits per heavy atom. The number of aliphatic hydroxyl groups is 1. The second kappa shape index (κ2) is 4.78. The summed E-state index contributed by atoms with van der Waals surface area (Å²) in [4.78, 5) is 5.58. The van der Waals surface area contributed by atoms with Crippen LogP contribution in [0.3, 0.4) is 0 Å². The molecule has 1 atom stereocenters. The number of hydrogen-bond acceptors (Lipinski definition) is 3. The molecule has 2 rings (SSSR count). The molecular formula is C13H20N2OS. The molecule has 0 aliphatic carbocycles. The highest BCUT2D eigenvalue weighted by Gasteiger charge is 2.21. The molecule has 2 aromatic heterocycles. The molecule has 0 radical (unpaired) electrons. The monoisotopic (exact) mass is 252 g/mol. The van der Waals surface area contributed by atoms with Gasteiger partial charge >= 0.3 is 0 Å². The van der Waals surface area contributed by atoms with Crippen molar-refractivity contribution in [3.63, 3.8) is 0 Å². The number of thiazole rings is 1. The van der Waals surface area contributed by atoms with E-state index >= 15 is 0 Å². The highest BCUT2D eigenvalue weighted by Crippen LogP contribution is 2.23. The van der Waals surface area contributed by atoms with Crippen LogP contribution in [0.1, 0.15) is 39.3 Å². The Hall–Kier alpha value is -0.870. The first kappa shape index (κ1) is 12.6. The first-order valence-corrected chi connectivity index (χ1v) is 6.94. The minimum Gasteiger partial charge on any atom is -0.393 e. The first-order chi connectivity index (χ1) is 7.97. The van der Waals surface area contributed by atoms with Gasteiger partial charge in [-0.05, 0) is 24.7 Å². The molecule has 3 nitrogen and oxygen atoms in total. The summed E-state index contributed by atoms with van der Waals surface area (Å²) < 4.78 is 2.06. The standard InChI is InChI=1S/C13H20N2OS/c1-13(2,3)11(16)6-4-5-10-9-15-7-8-17-12(15)14-10/h7-9,11,16H,4-6H2,1-3H3. The Kier molecular flexibility index (Phi) is 3.54. The average Bonchev–Trinajstić information content (AvgIpc) is 2.75. The van der Waals surface area contributed by atoms with Crippen molar-refractivity contribution in [1.82, 2.24) is 9.38 Å². The lowest BCUT2D eigenvalue weighted by atomic mass is 9.86. The summed E-state index contributed by atoms with van der Waals surface area (Å²) in [5, 5.41) is 12.0. The number of imidazole rings is 1. The Labute approximate surface area is 106 Å². The highest BCUT2D eigenvalue weighted by atomic mass is 32.1. The van der Waals surface area contributed by atoms with Gasteiger partial charge in [-0.1, -0.05) is 20.8 Å². The summed E-state index contributed by atoms with van der Waals surface area (Å²) in [6, 6.07) is 0. The molecule has 94 valence electrons. The summed E-state index contributed by atoms with van der Waals surface area (Å²) in [6.45, 7) is 6.22. The van der Waals surface area contributed by atoms with Gasteiger partial charge in [0.25, 0.3) is 0 Å². The Morgan fingerprint density at radius 3 is 2.88 bits per heavy atom. The molecule has 2 aromatic rings. The molecule has 0 aromatic carbocycles. The zero-order valence-corrected chi connectivity index (χ0v) is 11.5. The predicted octanol–water partition coefficient (Wildman–Crippen LogP) is 3.13. The van der Waals surface area contributed by atoms with Crippen LogP contribution < -0.4 is 0 Å². The fourth-order valence-electron chi connectivity index (χ4n) is 1.81. The van der Waals surface area contributed by atoms with Crippen molar-refractivity contribution >= 4 is 16.3 Å². The van der Waals surface area contributed by atoms with Crippen molar-refractivity contribution in [3.05, 3.63) is 23.5 Å². The summed E-state index contributed by atoms with van der Waals surface area (Å²) in [7, 11) is 0. The molecule has 0 spiro atoms. The van der Waals surface area contributed by atoms with Crippen LogP contribution in [0.2, 0.25) is 0 Å². The zero-order chi connectivity index (χ0) is 12.5. The lowest BCUT2D eigenvalue weighted by Crippen LogP contribution is -2.25. The highest BCUT2D eigenvalue weighted by molar-refractivity contribution is 7.15. The van der Waals surface area contributed by atoms with Crippen LogP contribution in [0.25, 0.3) is 4.96 Å². The fourth-order valence-corrected chi connectivity index (χ4v) is 2.53. The van der Waals surface area contributed by atoms with Crippen LogP contribution >= 0.6 is 11.3 Å².